The summed E-state index contributed by atoms with van der Waals surface area (Å²) in [5, 5.41) is 4.43. The molecule has 2 atom stereocenters. The molecule has 0 spiro atoms. The fourth-order valence-electron chi connectivity index (χ4n) is 3.43. The lowest BCUT2D eigenvalue weighted by atomic mass is 9.88. The van der Waals surface area contributed by atoms with Crippen molar-refractivity contribution >= 4 is 23.5 Å². The maximum atomic E-state index is 14.5. The summed E-state index contributed by atoms with van der Waals surface area (Å²) in [6, 6.07) is 10.9. The molecule has 0 radical (unpaired) electrons. The molecular weight excluding hydrogens is 388 g/mol. The maximum absolute atomic E-state index is 14.5. The summed E-state index contributed by atoms with van der Waals surface area (Å²) in [6.07, 6.45) is 5.78. The van der Waals surface area contributed by atoms with Crippen molar-refractivity contribution in [2.45, 2.75) is 18.5 Å². The molecule has 6 heteroatoms. The first kappa shape index (κ1) is 19.6. The molecule has 2 unspecified atom stereocenters. The van der Waals surface area contributed by atoms with Crippen molar-refractivity contribution in [2.24, 2.45) is 4.99 Å². The van der Waals surface area contributed by atoms with E-state index in [0.717, 1.165) is 17.2 Å². The zero-order valence-electron chi connectivity index (χ0n) is 16.2. The first-order chi connectivity index (χ1) is 14.0. The van der Waals surface area contributed by atoms with Crippen LogP contribution in [-0.4, -0.2) is 30.0 Å². The van der Waals surface area contributed by atoms with Crippen molar-refractivity contribution in [3.63, 3.8) is 0 Å². The van der Waals surface area contributed by atoms with Crippen LogP contribution in [0.4, 0.5) is 8.78 Å². The van der Waals surface area contributed by atoms with Crippen LogP contribution in [0.25, 0.3) is 12.2 Å². The highest BCUT2D eigenvalue weighted by atomic mass is 32.1. The van der Waals surface area contributed by atoms with E-state index < -0.39 is 0 Å². The average molecular weight is 410 g/mol. The summed E-state index contributed by atoms with van der Waals surface area (Å²) in [6.45, 7) is 0.789. The molecule has 29 heavy (non-hydrogen) atoms. The molecular formula is C23H21F2N3S. The molecule has 2 heterocycles. The summed E-state index contributed by atoms with van der Waals surface area (Å²) < 4.78 is 28.2. The van der Waals surface area contributed by atoms with E-state index in [9.17, 15) is 8.78 Å². The lowest BCUT2D eigenvalue weighted by Crippen LogP contribution is -2.34. The minimum Gasteiger partial charge on any atom is -0.303 e. The summed E-state index contributed by atoms with van der Waals surface area (Å²) in [5.41, 5.74) is 1.41. The molecule has 1 aromatic heterocycles. The monoisotopic (exact) mass is 409 g/mol. The Labute approximate surface area is 172 Å². The molecule has 0 aliphatic carbocycles. The van der Waals surface area contributed by atoms with Crippen LogP contribution in [0.15, 0.2) is 58.9 Å². The number of aromatic nitrogens is 1. The van der Waals surface area contributed by atoms with Gasteiger partial charge in [0.05, 0.1) is 17.1 Å². The first-order valence-electron chi connectivity index (χ1n) is 9.36. The van der Waals surface area contributed by atoms with E-state index in [1.54, 1.807) is 29.5 Å². The quantitative estimate of drug-likeness (QED) is 0.642. The molecule has 3 aromatic rings. The van der Waals surface area contributed by atoms with Crippen LogP contribution in [0.1, 0.15) is 22.2 Å². The molecule has 0 bridgehead atoms. The van der Waals surface area contributed by atoms with Crippen LogP contribution in [-0.2, 0) is 6.54 Å². The largest absolute Gasteiger partial charge is 0.303 e. The fraction of sp³-hybridized carbons (Fsp3) is 0.217. The van der Waals surface area contributed by atoms with Crippen LogP contribution in [0.3, 0.4) is 0 Å². The Hall–Kier alpha value is -2.70. The maximum Gasteiger partial charge on any atom is 0.127 e. The SMILES string of the molecule is CN(C)Cc1nc(C=CC2N=c3ccc(F)cc3=CC2c2ccccc2F)cs1. The Balaban J connectivity index is 1.71. The van der Waals surface area contributed by atoms with Gasteiger partial charge in [0.2, 0.25) is 0 Å². The molecule has 0 saturated carbocycles. The Morgan fingerprint density at radius 3 is 2.76 bits per heavy atom. The summed E-state index contributed by atoms with van der Waals surface area (Å²) in [4.78, 5) is 11.5. The number of fused-ring (bicyclic) bond motifs is 1. The molecule has 4 rings (SSSR count). The van der Waals surface area contributed by atoms with Crippen LogP contribution < -0.4 is 10.6 Å². The number of halogens is 2. The molecule has 0 fully saturated rings. The molecule has 2 aromatic carbocycles. The fourth-order valence-corrected chi connectivity index (χ4v) is 4.31. The average Bonchev–Trinajstić information content (AvgIpc) is 3.13. The second kappa shape index (κ2) is 8.35. The molecule has 0 N–H and O–H groups in total. The number of hydrogen-bond donors (Lipinski definition) is 0. The summed E-state index contributed by atoms with van der Waals surface area (Å²) >= 11 is 1.61. The lowest BCUT2D eigenvalue weighted by Gasteiger charge is -2.22. The molecule has 148 valence electrons. The second-order valence-corrected chi connectivity index (χ2v) is 8.24. The van der Waals surface area contributed by atoms with E-state index in [1.165, 1.54) is 18.2 Å². The third-order valence-electron chi connectivity index (χ3n) is 4.75. The van der Waals surface area contributed by atoms with Crippen molar-refractivity contribution in [3.05, 3.63) is 92.4 Å². The number of benzene rings is 2. The van der Waals surface area contributed by atoms with Crippen molar-refractivity contribution in [2.75, 3.05) is 14.1 Å². The van der Waals surface area contributed by atoms with Crippen molar-refractivity contribution in [1.82, 2.24) is 9.88 Å². The number of nitrogens with zero attached hydrogens (tertiary/aromatic N) is 3. The second-order valence-electron chi connectivity index (χ2n) is 7.30. The predicted octanol–water partition coefficient (Wildman–Crippen LogP) is 3.76. The highest BCUT2D eigenvalue weighted by Crippen LogP contribution is 2.28. The topological polar surface area (TPSA) is 28.5 Å². The normalized spacial score (nSPS) is 18.5. The van der Waals surface area contributed by atoms with Crippen LogP contribution in [0.2, 0.25) is 0 Å². The molecule has 0 saturated heterocycles. The third kappa shape index (κ3) is 4.49. The predicted molar refractivity (Wildman–Crippen MR) is 113 cm³/mol. The Morgan fingerprint density at radius 1 is 1.14 bits per heavy atom. The summed E-state index contributed by atoms with van der Waals surface area (Å²) in [7, 11) is 4.01. The highest BCUT2D eigenvalue weighted by molar-refractivity contribution is 7.09. The van der Waals surface area contributed by atoms with Gasteiger partial charge in [-0.05, 0) is 55.2 Å². The van der Waals surface area contributed by atoms with Gasteiger partial charge in [-0.2, -0.15) is 0 Å². The van der Waals surface area contributed by atoms with Gasteiger partial charge in [0.1, 0.15) is 16.6 Å². The van der Waals surface area contributed by atoms with Gasteiger partial charge in [0, 0.05) is 17.8 Å². The van der Waals surface area contributed by atoms with Gasteiger partial charge in [-0.25, -0.2) is 13.8 Å². The Kier molecular flexibility index (Phi) is 5.65. The Morgan fingerprint density at radius 2 is 1.97 bits per heavy atom. The van der Waals surface area contributed by atoms with Gasteiger partial charge < -0.3 is 4.90 Å². The van der Waals surface area contributed by atoms with E-state index in [0.29, 0.717) is 16.1 Å². The van der Waals surface area contributed by atoms with Crippen molar-refractivity contribution in [1.29, 1.82) is 0 Å². The highest BCUT2D eigenvalue weighted by Gasteiger charge is 2.23. The zero-order chi connectivity index (χ0) is 20.4. The van der Waals surface area contributed by atoms with Crippen molar-refractivity contribution < 1.29 is 8.78 Å². The van der Waals surface area contributed by atoms with Gasteiger partial charge in [-0.1, -0.05) is 30.4 Å². The molecule has 3 nitrogen and oxygen atoms in total. The smallest absolute Gasteiger partial charge is 0.127 e. The molecule has 0 amide bonds. The van der Waals surface area contributed by atoms with E-state index in [1.807, 2.05) is 43.8 Å². The zero-order valence-corrected chi connectivity index (χ0v) is 17.0. The first-order valence-corrected chi connectivity index (χ1v) is 10.2. The van der Waals surface area contributed by atoms with E-state index in [-0.39, 0.29) is 23.6 Å². The molecule has 1 aliphatic rings. The van der Waals surface area contributed by atoms with Crippen molar-refractivity contribution in [3.8, 4) is 0 Å². The lowest BCUT2D eigenvalue weighted by molar-refractivity contribution is 0.401. The van der Waals surface area contributed by atoms with E-state index >= 15 is 0 Å². The Bertz CT molecular complexity index is 1170. The van der Waals surface area contributed by atoms with Gasteiger partial charge in [-0.15, -0.1) is 11.3 Å². The van der Waals surface area contributed by atoms with Gasteiger partial charge in [0.15, 0.2) is 0 Å². The number of rotatable bonds is 5. The van der Waals surface area contributed by atoms with Crippen LogP contribution >= 0.6 is 11.3 Å². The van der Waals surface area contributed by atoms with Gasteiger partial charge >= 0.3 is 0 Å². The van der Waals surface area contributed by atoms with Crippen LogP contribution in [0.5, 0.6) is 0 Å². The summed E-state index contributed by atoms with van der Waals surface area (Å²) in [5.74, 6) is -0.932. The van der Waals surface area contributed by atoms with Gasteiger partial charge in [-0.3, -0.25) is 4.99 Å². The van der Waals surface area contributed by atoms with E-state index in [2.05, 4.69) is 9.88 Å². The standard InChI is InChI=1S/C23H21F2N3S/c1-28(2)13-23-26-17(14-29-23)8-10-22-19(18-5-3-4-6-20(18)25)12-15-11-16(24)7-9-21(15)27-22/h3-12,14,19,22H,13H2,1-2H3. The minimum absolute atomic E-state index is 0.288. The number of hydrogen-bond acceptors (Lipinski definition) is 4. The molecule has 1 aliphatic heterocycles. The van der Waals surface area contributed by atoms with Gasteiger partial charge in [0.25, 0.3) is 0 Å². The minimum atomic E-state index is -0.327. The van der Waals surface area contributed by atoms with Crippen LogP contribution in [0, 0.1) is 11.6 Å². The third-order valence-corrected chi connectivity index (χ3v) is 5.61. The number of thiazole rings is 1. The van der Waals surface area contributed by atoms with E-state index in [4.69, 9.17) is 4.99 Å².